The topological polar surface area (TPSA) is 70.4 Å². The molecule has 0 radical (unpaired) electrons. The summed E-state index contributed by atoms with van der Waals surface area (Å²) in [6.07, 6.45) is 1.80. The lowest BCUT2D eigenvalue weighted by Crippen LogP contribution is -2.49. The lowest BCUT2D eigenvalue weighted by Gasteiger charge is -2.35. The van der Waals surface area contributed by atoms with Crippen molar-refractivity contribution in [3.8, 4) is 5.82 Å². The molecule has 8 heteroatoms. The molecule has 3 aromatic rings. The Morgan fingerprint density at radius 3 is 2.32 bits per heavy atom. The third kappa shape index (κ3) is 4.23. The molecule has 1 saturated heterocycles. The molecule has 0 aliphatic carbocycles. The van der Waals surface area contributed by atoms with Gasteiger partial charge in [0.15, 0.2) is 0 Å². The SMILES string of the molecule is Cc1nc(N2CCN(C(=O)c3cccc(N(C)C)c3)CC2)cc(-n2cnc(C)c2C)n1. The monoisotopic (exact) mass is 419 g/mol. The van der Waals surface area contributed by atoms with Crippen LogP contribution in [0.5, 0.6) is 0 Å². The van der Waals surface area contributed by atoms with Crippen molar-refractivity contribution < 1.29 is 4.79 Å². The number of rotatable bonds is 4. The molecule has 162 valence electrons. The Kier molecular flexibility index (Phi) is 5.63. The van der Waals surface area contributed by atoms with Crippen LogP contribution in [0.1, 0.15) is 27.6 Å². The molecular weight excluding hydrogens is 390 g/mol. The maximum absolute atomic E-state index is 13.0. The number of carbonyl (C=O) groups excluding carboxylic acids is 1. The molecule has 1 aromatic carbocycles. The molecule has 1 aliphatic rings. The third-order valence-corrected chi connectivity index (χ3v) is 5.81. The molecule has 0 atom stereocenters. The van der Waals surface area contributed by atoms with Crippen LogP contribution in [-0.2, 0) is 0 Å². The van der Waals surface area contributed by atoms with Crippen molar-refractivity contribution in [3.63, 3.8) is 0 Å². The highest BCUT2D eigenvalue weighted by atomic mass is 16.2. The van der Waals surface area contributed by atoms with E-state index in [4.69, 9.17) is 0 Å². The number of hydrogen-bond acceptors (Lipinski definition) is 6. The van der Waals surface area contributed by atoms with Crippen LogP contribution in [0, 0.1) is 20.8 Å². The van der Waals surface area contributed by atoms with Crippen LogP contribution in [0.3, 0.4) is 0 Å². The fourth-order valence-electron chi connectivity index (χ4n) is 3.79. The van der Waals surface area contributed by atoms with Crippen molar-refractivity contribution in [2.75, 3.05) is 50.1 Å². The van der Waals surface area contributed by atoms with E-state index in [0.717, 1.165) is 53.2 Å². The summed E-state index contributed by atoms with van der Waals surface area (Å²) in [5.74, 6) is 2.50. The van der Waals surface area contributed by atoms with Gasteiger partial charge in [0.25, 0.3) is 5.91 Å². The van der Waals surface area contributed by atoms with Gasteiger partial charge in [-0.25, -0.2) is 15.0 Å². The number of anilines is 2. The number of piperazine rings is 1. The maximum Gasteiger partial charge on any atom is 0.254 e. The highest BCUT2D eigenvalue weighted by Crippen LogP contribution is 2.21. The highest BCUT2D eigenvalue weighted by molar-refractivity contribution is 5.95. The summed E-state index contributed by atoms with van der Waals surface area (Å²) in [5.41, 5.74) is 3.81. The van der Waals surface area contributed by atoms with E-state index in [-0.39, 0.29) is 5.91 Å². The maximum atomic E-state index is 13.0. The smallest absolute Gasteiger partial charge is 0.254 e. The van der Waals surface area contributed by atoms with Gasteiger partial charge in [-0.2, -0.15) is 0 Å². The number of aromatic nitrogens is 4. The van der Waals surface area contributed by atoms with Crippen LogP contribution in [0.25, 0.3) is 5.82 Å². The van der Waals surface area contributed by atoms with Gasteiger partial charge in [0.2, 0.25) is 0 Å². The van der Waals surface area contributed by atoms with Crippen molar-refractivity contribution in [1.82, 2.24) is 24.4 Å². The molecule has 1 amide bonds. The van der Waals surface area contributed by atoms with Crippen LogP contribution >= 0.6 is 0 Å². The summed E-state index contributed by atoms with van der Waals surface area (Å²) in [5, 5.41) is 0. The number of benzene rings is 1. The standard InChI is InChI=1S/C23H29N7O/c1-16-17(2)30(15-24-16)22-14-21(25-18(3)26-22)28-9-11-29(12-10-28)23(31)19-7-6-8-20(13-19)27(4)5/h6-8,13-15H,9-12H2,1-5H3. The largest absolute Gasteiger partial charge is 0.378 e. The van der Waals surface area contributed by atoms with Crippen molar-refractivity contribution in [2.24, 2.45) is 0 Å². The van der Waals surface area contributed by atoms with E-state index >= 15 is 0 Å². The molecule has 3 heterocycles. The first-order valence-corrected chi connectivity index (χ1v) is 10.5. The van der Waals surface area contributed by atoms with E-state index in [0.29, 0.717) is 13.1 Å². The second-order valence-corrected chi connectivity index (χ2v) is 8.14. The molecule has 0 bridgehead atoms. The average Bonchev–Trinajstić information content (AvgIpc) is 3.11. The molecule has 0 unspecified atom stereocenters. The zero-order chi connectivity index (χ0) is 22.1. The van der Waals surface area contributed by atoms with E-state index in [9.17, 15) is 4.79 Å². The molecule has 0 spiro atoms. The Bertz CT molecular complexity index is 1100. The van der Waals surface area contributed by atoms with E-state index < -0.39 is 0 Å². The van der Waals surface area contributed by atoms with Crippen molar-refractivity contribution in [1.29, 1.82) is 0 Å². The first-order valence-electron chi connectivity index (χ1n) is 10.5. The van der Waals surface area contributed by atoms with E-state index in [1.54, 1.807) is 6.33 Å². The van der Waals surface area contributed by atoms with Crippen LogP contribution in [-0.4, -0.2) is 70.6 Å². The van der Waals surface area contributed by atoms with Crippen molar-refractivity contribution in [2.45, 2.75) is 20.8 Å². The van der Waals surface area contributed by atoms with Gasteiger partial charge in [-0.3, -0.25) is 9.36 Å². The first-order chi connectivity index (χ1) is 14.8. The van der Waals surface area contributed by atoms with Crippen molar-refractivity contribution >= 4 is 17.4 Å². The number of imidazole rings is 1. The van der Waals surface area contributed by atoms with Gasteiger partial charge in [-0.15, -0.1) is 0 Å². The Labute approximate surface area is 183 Å². The van der Waals surface area contributed by atoms with Gasteiger partial charge >= 0.3 is 0 Å². The van der Waals surface area contributed by atoms with Gasteiger partial charge in [0.05, 0.1) is 5.69 Å². The number of amides is 1. The minimum Gasteiger partial charge on any atom is -0.378 e. The lowest BCUT2D eigenvalue weighted by atomic mass is 10.1. The Morgan fingerprint density at radius 2 is 1.68 bits per heavy atom. The van der Waals surface area contributed by atoms with E-state index in [2.05, 4.69) is 19.9 Å². The Hall–Kier alpha value is -3.42. The third-order valence-electron chi connectivity index (χ3n) is 5.81. The van der Waals surface area contributed by atoms with E-state index in [1.165, 1.54) is 0 Å². The zero-order valence-corrected chi connectivity index (χ0v) is 18.8. The van der Waals surface area contributed by atoms with Gasteiger partial charge < -0.3 is 14.7 Å². The number of aryl methyl sites for hydroxylation is 2. The summed E-state index contributed by atoms with van der Waals surface area (Å²) in [4.78, 5) is 32.8. The summed E-state index contributed by atoms with van der Waals surface area (Å²) < 4.78 is 1.99. The normalized spacial score (nSPS) is 14.1. The fourth-order valence-corrected chi connectivity index (χ4v) is 3.79. The molecular formula is C23H29N7O. The average molecular weight is 420 g/mol. The molecule has 31 heavy (non-hydrogen) atoms. The summed E-state index contributed by atoms with van der Waals surface area (Å²) in [7, 11) is 3.96. The molecule has 8 nitrogen and oxygen atoms in total. The van der Waals surface area contributed by atoms with Gasteiger partial charge in [0.1, 0.15) is 23.8 Å². The molecule has 0 saturated carbocycles. The van der Waals surface area contributed by atoms with Crippen LogP contribution in [0.2, 0.25) is 0 Å². The molecule has 1 fully saturated rings. The van der Waals surface area contributed by atoms with E-state index in [1.807, 2.05) is 79.6 Å². The second-order valence-electron chi connectivity index (χ2n) is 8.14. The number of nitrogens with zero attached hydrogens (tertiary/aromatic N) is 7. The minimum absolute atomic E-state index is 0.0763. The summed E-state index contributed by atoms with van der Waals surface area (Å²) in [6.45, 7) is 8.72. The molecule has 0 N–H and O–H groups in total. The molecule has 4 rings (SSSR count). The Balaban J connectivity index is 1.48. The number of carbonyl (C=O) groups is 1. The summed E-state index contributed by atoms with van der Waals surface area (Å²) in [6, 6.07) is 9.78. The van der Waals surface area contributed by atoms with Gasteiger partial charge in [-0.1, -0.05) is 6.07 Å². The van der Waals surface area contributed by atoms with Crippen LogP contribution < -0.4 is 9.80 Å². The molecule has 2 aromatic heterocycles. The fraction of sp³-hybridized carbons (Fsp3) is 0.391. The van der Waals surface area contributed by atoms with Crippen molar-refractivity contribution in [3.05, 3.63) is 59.4 Å². The Morgan fingerprint density at radius 1 is 0.968 bits per heavy atom. The summed E-state index contributed by atoms with van der Waals surface area (Å²) >= 11 is 0. The highest BCUT2D eigenvalue weighted by Gasteiger charge is 2.24. The van der Waals surface area contributed by atoms with Crippen LogP contribution in [0.4, 0.5) is 11.5 Å². The second kappa shape index (κ2) is 8.37. The minimum atomic E-state index is 0.0763. The lowest BCUT2D eigenvalue weighted by molar-refractivity contribution is 0.0746. The first kappa shape index (κ1) is 20.8. The van der Waals surface area contributed by atoms with Gasteiger partial charge in [0, 0.05) is 63.3 Å². The zero-order valence-electron chi connectivity index (χ0n) is 18.8. The predicted molar refractivity (Wildman–Crippen MR) is 122 cm³/mol. The predicted octanol–water partition coefficient (Wildman–Crippen LogP) is 2.62. The quantitative estimate of drug-likeness (QED) is 0.648. The van der Waals surface area contributed by atoms with Crippen LogP contribution in [0.15, 0.2) is 36.7 Å². The number of hydrogen-bond donors (Lipinski definition) is 0. The molecule has 1 aliphatic heterocycles. The van der Waals surface area contributed by atoms with Gasteiger partial charge in [-0.05, 0) is 39.0 Å².